The van der Waals surface area contributed by atoms with Crippen LogP contribution >= 0.6 is 11.6 Å². The molecule has 1 heterocycles. The van der Waals surface area contributed by atoms with E-state index < -0.39 is 24.1 Å². The Labute approximate surface area is 107 Å². The van der Waals surface area contributed by atoms with E-state index in [9.17, 15) is 13.6 Å². The minimum absolute atomic E-state index is 0.0950. The van der Waals surface area contributed by atoms with Gasteiger partial charge in [-0.1, -0.05) is 11.6 Å². The highest BCUT2D eigenvalue weighted by Gasteiger charge is 2.35. The highest BCUT2D eigenvalue weighted by molar-refractivity contribution is 6.32. The summed E-state index contributed by atoms with van der Waals surface area (Å²) >= 11 is 5.90. The molecule has 0 amide bonds. The van der Waals surface area contributed by atoms with Crippen molar-refractivity contribution in [3.63, 3.8) is 0 Å². The topological polar surface area (TPSA) is 46.5 Å². The van der Waals surface area contributed by atoms with Gasteiger partial charge in [-0.15, -0.1) is 0 Å². The van der Waals surface area contributed by atoms with E-state index in [4.69, 9.17) is 21.4 Å². The third-order valence-electron chi connectivity index (χ3n) is 2.55. The van der Waals surface area contributed by atoms with Crippen LogP contribution in [0.2, 0.25) is 5.02 Å². The number of carbonyl (C=O) groups is 1. The van der Waals surface area contributed by atoms with Gasteiger partial charge in [0.1, 0.15) is 5.75 Å². The molecule has 1 N–H and O–H groups in total. The van der Waals surface area contributed by atoms with Crippen LogP contribution in [0, 0.1) is 6.92 Å². The van der Waals surface area contributed by atoms with Gasteiger partial charge in [0, 0.05) is 5.56 Å². The molecular weight excluding hydrogens is 266 g/mol. The lowest BCUT2D eigenvalue weighted by molar-refractivity contribution is -0.134. The van der Waals surface area contributed by atoms with E-state index in [0.29, 0.717) is 5.56 Å². The lowest BCUT2D eigenvalue weighted by Crippen LogP contribution is -2.33. The molecule has 1 aromatic rings. The molecule has 2 rings (SSSR count). The highest BCUT2D eigenvalue weighted by Crippen LogP contribution is 2.38. The number of carboxylic acid groups (broad SMARTS) is 1. The van der Waals surface area contributed by atoms with Crippen molar-refractivity contribution >= 4 is 23.6 Å². The molecule has 0 fully saturated rings. The van der Waals surface area contributed by atoms with Crippen LogP contribution in [0.3, 0.4) is 0 Å². The SMILES string of the molecule is Cc1cc(Cl)c2c(c1)C=C(C(=O)O)C(C(F)F)O2. The molecule has 6 heteroatoms. The molecule has 18 heavy (non-hydrogen) atoms. The summed E-state index contributed by atoms with van der Waals surface area (Å²) in [5.41, 5.74) is 0.715. The summed E-state index contributed by atoms with van der Waals surface area (Å²) in [6.45, 7) is 1.76. The Morgan fingerprint density at radius 2 is 2.17 bits per heavy atom. The van der Waals surface area contributed by atoms with E-state index in [2.05, 4.69) is 0 Å². The van der Waals surface area contributed by atoms with E-state index in [1.807, 2.05) is 0 Å². The number of fused-ring (bicyclic) bond motifs is 1. The van der Waals surface area contributed by atoms with Crippen molar-refractivity contribution in [1.29, 1.82) is 0 Å². The van der Waals surface area contributed by atoms with Crippen LogP contribution < -0.4 is 4.74 Å². The van der Waals surface area contributed by atoms with Crippen molar-refractivity contribution in [3.05, 3.63) is 33.9 Å². The maximum atomic E-state index is 12.8. The van der Waals surface area contributed by atoms with Crippen molar-refractivity contribution in [2.75, 3.05) is 0 Å². The maximum absolute atomic E-state index is 12.8. The molecule has 0 saturated carbocycles. The minimum Gasteiger partial charge on any atom is -0.478 e. The summed E-state index contributed by atoms with van der Waals surface area (Å²) in [7, 11) is 0. The fourth-order valence-electron chi connectivity index (χ4n) is 1.80. The Bertz CT molecular complexity index is 540. The predicted octanol–water partition coefficient (Wildman–Crippen LogP) is 3.14. The molecule has 0 spiro atoms. The summed E-state index contributed by atoms with van der Waals surface area (Å²) < 4.78 is 30.5. The zero-order chi connectivity index (χ0) is 13.4. The fraction of sp³-hybridized carbons (Fsp3) is 0.250. The second kappa shape index (κ2) is 4.57. The molecule has 1 aliphatic heterocycles. The lowest BCUT2D eigenvalue weighted by Gasteiger charge is -2.25. The summed E-state index contributed by atoms with van der Waals surface area (Å²) in [6.07, 6.45) is -3.55. The van der Waals surface area contributed by atoms with Crippen LogP contribution in [-0.4, -0.2) is 23.6 Å². The van der Waals surface area contributed by atoms with Crippen LogP contribution in [0.1, 0.15) is 11.1 Å². The van der Waals surface area contributed by atoms with Crippen LogP contribution in [0.4, 0.5) is 8.78 Å². The molecule has 0 aromatic heterocycles. The minimum atomic E-state index is -2.93. The molecule has 96 valence electrons. The Morgan fingerprint density at radius 1 is 1.50 bits per heavy atom. The smallest absolute Gasteiger partial charge is 0.335 e. The molecule has 0 bridgehead atoms. The van der Waals surface area contributed by atoms with E-state index in [0.717, 1.165) is 5.56 Å². The van der Waals surface area contributed by atoms with Crippen LogP contribution in [0.25, 0.3) is 6.08 Å². The standard InChI is InChI=1S/C12H9ClF2O3/c1-5-2-6-4-7(12(16)17)10(11(14)15)18-9(6)8(13)3-5/h2-4,10-11H,1H3,(H,16,17). The number of alkyl halides is 2. The van der Waals surface area contributed by atoms with Crippen molar-refractivity contribution in [1.82, 2.24) is 0 Å². The number of ether oxygens (including phenoxy) is 1. The number of hydrogen-bond acceptors (Lipinski definition) is 2. The molecular formula is C12H9ClF2O3. The second-order valence-corrected chi connectivity index (χ2v) is 4.35. The van der Waals surface area contributed by atoms with Gasteiger partial charge in [-0.2, -0.15) is 0 Å². The van der Waals surface area contributed by atoms with Crippen LogP contribution in [0.15, 0.2) is 17.7 Å². The Kier molecular flexibility index (Phi) is 3.26. The molecule has 1 aliphatic rings. The lowest BCUT2D eigenvalue weighted by atomic mass is 10.0. The third kappa shape index (κ3) is 2.18. The molecule has 1 atom stereocenters. The Morgan fingerprint density at radius 3 is 2.72 bits per heavy atom. The number of carboxylic acids is 1. The van der Waals surface area contributed by atoms with Gasteiger partial charge in [-0.25, -0.2) is 13.6 Å². The van der Waals surface area contributed by atoms with Gasteiger partial charge in [0.25, 0.3) is 6.43 Å². The zero-order valence-corrected chi connectivity index (χ0v) is 10.0. The Balaban J connectivity index is 2.58. The van der Waals surface area contributed by atoms with Gasteiger partial charge in [0.2, 0.25) is 0 Å². The van der Waals surface area contributed by atoms with Crippen LogP contribution in [-0.2, 0) is 4.79 Å². The monoisotopic (exact) mass is 274 g/mol. The first-order chi connectivity index (χ1) is 8.40. The molecule has 1 unspecified atom stereocenters. The summed E-state index contributed by atoms with van der Waals surface area (Å²) in [4.78, 5) is 10.9. The van der Waals surface area contributed by atoms with Gasteiger partial charge in [-0.05, 0) is 30.7 Å². The molecule has 0 aliphatic carbocycles. The van der Waals surface area contributed by atoms with E-state index in [-0.39, 0.29) is 10.8 Å². The van der Waals surface area contributed by atoms with Crippen LogP contribution in [0.5, 0.6) is 5.75 Å². The van der Waals surface area contributed by atoms with Gasteiger partial charge in [0.15, 0.2) is 6.10 Å². The van der Waals surface area contributed by atoms with Gasteiger partial charge in [-0.3, -0.25) is 0 Å². The van der Waals surface area contributed by atoms with Crippen molar-refractivity contribution in [2.24, 2.45) is 0 Å². The number of benzene rings is 1. The number of rotatable bonds is 2. The highest BCUT2D eigenvalue weighted by atomic mass is 35.5. The number of halogens is 3. The van der Waals surface area contributed by atoms with Gasteiger partial charge in [0.05, 0.1) is 10.6 Å². The first-order valence-electron chi connectivity index (χ1n) is 5.10. The van der Waals surface area contributed by atoms with Gasteiger partial charge >= 0.3 is 5.97 Å². The average Bonchev–Trinajstić information content (AvgIpc) is 2.26. The maximum Gasteiger partial charge on any atom is 0.335 e. The average molecular weight is 275 g/mol. The normalized spacial score (nSPS) is 18.1. The molecule has 3 nitrogen and oxygen atoms in total. The largest absolute Gasteiger partial charge is 0.478 e. The first kappa shape index (κ1) is 12.8. The van der Waals surface area contributed by atoms with Gasteiger partial charge < -0.3 is 9.84 Å². The number of aliphatic carboxylic acids is 1. The first-order valence-corrected chi connectivity index (χ1v) is 5.47. The fourth-order valence-corrected chi connectivity index (χ4v) is 2.12. The Hall–Kier alpha value is -1.62. The second-order valence-electron chi connectivity index (χ2n) is 3.94. The van der Waals surface area contributed by atoms with Crippen molar-refractivity contribution in [3.8, 4) is 5.75 Å². The van der Waals surface area contributed by atoms with E-state index in [1.165, 1.54) is 6.08 Å². The molecule has 1 aromatic carbocycles. The van der Waals surface area contributed by atoms with E-state index in [1.54, 1.807) is 19.1 Å². The number of aryl methyl sites for hydroxylation is 1. The predicted molar refractivity (Wildman–Crippen MR) is 62.2 cm³/mol. The molecule has 0 radical (unpaired) electrons. The van der Waals surface area contributed by atoms with Crippen molar-refractivity contribution < 1.29 is 23.4 Å². The summed E-state index contributed by atoms with van der Waals surface area (Å²) in [6, 6.07) is 3.20. The zero-order valence-electron chi connectivity index (χ0n) is 9.28. The van der Waals surface area contributed by atoms with E-state index >= 15 is 0 Å². The third-order valence-corrected chi connectivity index (χ3v) is 2.84. The van der Waals surface area contributed by atoms with Crippen molar-refractivity contribution in [2.45, 2.75) is 19.5 Å². The molecule has 0 saturated heterocycles. The quantitative estimate of drug-likeness (QED) is 0.901. The summed E-state index contributed by atoms with van der Waals surface area (Å²) in [5.74, 6) is -1.33. The number of hydrogen-bond donors (Lipinski definition) is 1. The summed E-state index contributed by atoms with van der Waals surface area (Å²) in [5, 5.41) is 9.10.